The van der Waals surface area contributed by atoms with Crippen LogP contribution in [0, 0.1) is 13.8 Å². The maximum atomic E-state index is 10.0. The molecule has 0 aliphatic heterocycles. The summed E-state index contributed by atoms with van der Waals surface area (Å²) in [7, 11) is 0. The molecule has 0 saturated carbocycles. The topological polar surface area (TPSA) is 64.7 Å². The van der Waals surface area contributed by atoms with E-state index in [0.717, 1.165) is 16.9 Å². The van der Waals surface area contributed by atoms with Crippen LogP contribution in [-0.4, -0.2) is 11.7 Å². The van der Waals surface area contributed by atoms with Crippen LogP contribution in [0.5, 0.6) is 23.0 Å². The number of aliphatic hydroxyl groups excluding tert-OH is 1. The summed E-state index contributed by atoms with van der Waals surface area (Å²) in [5.74, 6) is 2.52. The van der Waals surface area contributed by atoms with Crippen LogP contribution < -0.4 is 15.2 Å². The van der Waals surface area contributed by atoms with Gasteiger partial charge in [0.15, 0.2) is 11.5 Å². The van der Waals surface area contributed by atoms with Crippen molar-refractivity contribution in [3.8, 4) is 23.0 Å². The van der Waals surface area contributed by atoms with Crippen molar-refractivity contribution >= 4 is 0 Å². The predicted octanol–water partition coefficient (Wildman–Crippen LogP) is 4.88. The smallest absolute Gasteiger partial charge is 0.170 e. The molecule has 0 spiro atoms. The first-order chi connectivity index (χ1) is 12.5. The van der Waals surface area contributed by atoms with E-state index in [1.54, 1.807) is 18.2 Å². The molecule has 1 atom stereocenters. The second-order valence-electron chi connectivity index (χ2n) is 6.29. The lowest BCUT2D eigenvalue weighted by Crippen LogP contribution is -2.11. The minimum Gasteiger partial charge on any atom is -0.453 e. The fraction of sp³-hybridized carbons (Fsp3) is 0.182. The van der Waals surface area contributed by atoms with Gasteiger partial charge in [-0.05, 0) is 55.8 Å². The number of rotatable bonds is 6. The number of benzene rings is 3. The fourth-order valence-corrected chi connectivity index (χ4v) is 2.50. The summed E-state index contributed by atoms with van der Waals surface area (Å²) in [5, 5.41) is 10.0. The molecule has 0 radical (unpaired) electrons. The SMILES string of the molecule is Cc1ccc(Oc2ccc(C(O)CN)cc2Oc2ccc(C)cc2)cc1. The normalized spacial score (nSPS) is 11.8. The highest BCUT2D eigenvalue weighted by Crippen LogP contribution is 2.37. The third kappa shape index (κ3) is 4.42. The van der Waals surface area contributed by atoms with E-state index >= 15 is 0 Å². The van der Waals surface area contributed by atoms with Crippen LogP contribution in [0.4, 0.5) is 0 Å². The number of aliphatic hydroxyl groups is 1. The van der Waals surface area contributed by atoms with Crippen LogP contribution >= 0.6 is 0 Å². The first-order valence-corrected chi connectivity index (χ1v) is 8.56. The van der Waals surface area contributed by atoms with Crippen molar-refractivity contribution in [2.45, 2.75) is 20.0 Å². The Bertz CT molecular complexity index is 858. The molecule has 0 aliphatic rings. The van der Waals surface area contributed by atoms with Crippen LogP contribution in [0.25, 0.3) is 0 Å². The van der Waals surface area contributed by atoms with Crippen molar-refractivity contribution in [2.24, 2.45) is 5.73 Å². The van der Waals surface area contributed by atoms with Gasteiger partial charge in [0.05, 0.1) is 6.10 Å². The van der Waals surface area contributed by atoms with Gasteiger partial charge in [-0.1, -0.05) is 41.5 Å². The molecule has 1 unspecified atom stereocenters. The summed E-state index contributed by atoms with van der Waals surface area (Å²) >= 11 is 0. The predicted molar refractivity (Wildman–Crippen MR) is 103 cm³/mol. The number of hydrogen-bond donors (Lipinski definition) is 2. The largest absolute Gasteiger partial charge is 0.453 e. The van der Waals surface area contributed by atoms with Crippen molar-refractivity contribution in [2.75, 3.05) is 6.54 Å². The summed E-state index contributed by atoms with van der Waals surface area (Å²) in [6.45, 7) is 4.19. The second-order valence-corrected chi connectivity index (χ2v) is 6.29. The Balaban J connectivity index is 1.93. The molecular weight excluding hydrogens is 326 g/mol. The van der Waals surface area contributed by atoms with Gasteiger partial charge in [0.2, 0.25) is 0 Å². The van der Waals surface area contributed by atoms with Gasteiger partial charge in [-0.3, -0.25) is 0 Å². The van der Waals surface area contributed by atoms with Gasteiger partial charge in [0, 0.05) is 6.54 Å². The van der Waals surface area contributed by atoms with Gasteiger partial charge < -0.3 is 20.3 Å². The molecule has 4 nitrogen and oxygen atoms in total. The molecule has 3 aromatic carbocycles. The minimum atomic E-state index is -0.746. The van der Waals surface area contributed by atoms with E-state index in [2.05, 4.69) is 0 Å². The van der Waals surface area contributed by atoms with Gasteiger partial charge >= 0.3 is 0 Å². The summed E-state index contributed by atoms with van der Waals surface area (Å²) in [5.41, 5.74) is 8.58. The van der Waals surface area contributed by atoms with E-state index in [4.69, 9.17) is 15.2 Å². The Kier molecular flexibility index (Phi) is 5.56. The Labute approximate surface area is 153 Å². The van der Waals surface area contributed by atoms with Crippen molar-refractivity contribution in [1.82, 2.24) is 0 Å². The lowest BCUT2D eigenvalue weighted by atomic mass is 10.1. The van der Waals surface area contributed by atoms with E-state index < -0.39 is 6.10 Å². The van der Waals surface area contributed by atoms with Gasteiger partial charge in [0.25, 0.3) is 0 Å². The van der Waals surface area contributed by atoms with E-state index in [0.29, 0.717) is 22.8 Å². The summed E-state index contributed by atoms with van der Waals surface area (Å²) < 4.78 is 12.0. The summed E-state index contributed by atoms with van der Waals surface area (Å²) in [6, 6.07) is 20.9. The molecule has 26 heavy (non-hydrogen) atoms. The maximum absolute atomic E-state index is 10.0. The quantitative estimate of drug-likeness (QED) is 0.666. The molecule has 0 heterocycles. The first-order valence-electron chi connectivity index (χ1n) is 8.56. The Morgan fingerprint density at radius 1 is 0.769 bits per heavy atom. The van der Waals surface area contributed by atoms with Crippen LogP contribution in [0.1, 0.15) is 22.8 Å². The lowest BCUT2D eigenvalue weighted by Gasteiger charge is -2.16. The fourth-order valence-electron chi connectivity index (χ4n) is 2.50. The highest BCUT2D eigenvalue weighted by Gasteiger charge is 2.13. The Morgan fingerprint density at radius 2 is 1.27 bits per heavy atom. The molecule has 0 saturated heterocycles. The average molecular weight is 349 g/mol. The maximum Gasteiger partial charge on any atom is 0.170 e. The van der Waals surface area contributed by atoms with E-state index in [1.165, 1.54) is 0 Å². The van der Waals surface area contributed by atoms with Crippen LogP contribution in [0.3, 0.4) is 0 Å². The van der Waals surface area contributed by atoms with Gasteiger partial charge in [-0.25, -0.2) is 0 Å². The Morgan fingerprint density at radius 3 is 1.77 bits per heavy atom. The molecule has 3 aromatic rings. The van der Waals surface area contributed by atoms with Crippen molar-refractivity contribution in [3.05, 3.63) is 83.4 Å². The molecule has 0 aliphatic carbocycles. The van der Waals surface area contributed by atoms with E-state index in [1.807, 2.05) is 62.4 Å². The zero-order valence-corrected chi connectivity index (χ0v) is 15.0. The van der Waals surface area contributed by atoms with Gasteiger partial charge in [-0.15, -0.1) is 0 Å². The molecule has 0 bridgehead atoms. The summed E-state index contributed by atoms with van der Waals surface area (Å²) in [6.07, 6.45) is -0.746. The van der Waals surface area contributed by atoms with Crippen molar-refractivity contribution in [3.63, 3.8) is 0 Å². The average Bonchev–Trinajstić information content (AvgIpc) is 2.66. The van der Waals surface area contributed by atoms with Crippen molar-refractivity contribution < 1.29 is 14.6 Å². The first kappa shape index (κ1) is 18.0. The lowest BCUT2D eigenvalue weighted by molar-refractivity contribution is 0.186. The number of ether oxygens (including phenoxy) is 2. The molecule has 3 N–H and O–H groups in total. The highest BCUT2D eigenvalue weighted by molar-refractivity contribution is 5.48. The third-order valence-corrected chi connectivity index (χ3v) is 4.07. The van der Waals surface area contributed by atoms with Crippen LogP contribution in [0.15, 0.2) is 66.7 Å². The molecule has 3 rings (SSSR count). The number of aryl methyl sites for hydroxylation is 2. The van der Waals surface area contributed by atoms with Crippen molar-refractivity contribution in [1.29, 1.82) is 0 Å². The monoisotopic (exact) mass is 349 g/mol. The summed E-state index contributed by atoms with van der Waals surface area (Å²) in [4.78, 5) is 0. The molecule has 0 aromatic heterocycles. The zero-order valence-electron chi connectivity index (χ0n) is 15.0. The molecular formula is C22H23NO3. The zero-order chi connectivity index (χ0) is 18.5. The van der Waals surface area contributed by atoms with E-state index in [-0.39, 0.29) is 6.54 Å². The second kappa shape index (κ2) is 8.04. The molecule has 0 fully saturated rings. The van der Waals surface area contributed by atoms with Gasteiger partial charge in [0.1, 0.15) is 11.5 Å². The van der Waals surface area contributed by atoms with Gasteiger partial charge in [-0.2, -0.15) is 0 Å². The molecule has 134 valence electrons. The Hall–Kier alpha value is -2.82. The molecule has 4 heteroatoms. The third-order valence-electron chi connectivity index (χ3n) is 4.07. The molecule has 0 amide bonds. The standard InChI is InChI=1S/C22H23NO3/c1-15-3-8-18(9-4-15)25-21-12-7-17(20(24)14-23)13-22(21)26-19-10-5-16(2)6-11-19/h3-13,20,24H,14,23H2,1-2H3. The van der Waals surface area contributed by atoms with Crippen LogP contribution in [0.2, 0.25) is 0 Å². The minimum absolute atomic E-state index is 0.141. The number of nitrogens with two attached hydrogens (primary N) is 1. The number of hydrogen-bond acceptors (Lipinski definition) is 4. The van der Waals surface area contributed by atoms with E-state index in [9.17, 15) is 5.11 Å². The highest BCUT2D eigenvalue weighted by atomic mass is 16.5. The van der Waals surface area contributed by atoms with Crippen LogP contribution in [-0.2, 0) is 0 Å².